The summed E-state index contributed by atoms with van der Waals surface area (Å²) in [5.41, 5.74) is 0.719. The summed E-state index contributed by atoms with van der Waals surface area (Å²) in [7, 11) is -2.76. The van der Waals surface area contributed by atoms with Crippen molar-refractivity contribution in [2.75, 3.05) is 16.7 Å². The van der Waals surface area contributed by atoms with E-state index in [4.69, 9.17) is 4.74 Å². The van der Waals surface area contributed by atoms with Gasteiger partial charge in [-0.25, -0.2) is 17.2 Å². The number of rotatable bonds is 3. The topological polar surface area (TPSA) is 75.7 Å². The Kier molecular flexibility index (Phi) is 4.46. The molecule has 0 unspecified atom stereocenters. The fraction of sp³-hybridized carbons (Fsp3) is 0.0500. The van der Waals surface area contributed by atoms with Crippen LogP contribution in [0.25, 0.3) is 0 Å². The molecule has 0 atom stereocenters. The molecule has 1 amide bonds. The first-order chi connectivity index (χ1) is 13.8. The molecule has 29 heavy (non-hydrogen) atoms. The third-order valence-electron chi connectivity index (χ3n) is 4.40. The molecule has 1 aliphatic heterocycles. The Bertz CT molecular complexity index is 1240. The van der Waals surface area contributed by atoms with E-state index in [2.05, 4.69) is 4.72 Å². The average molecular weight is 416 g/mol. The van der Waals surface area contributed by atoms with Crippen LogP contribution in [0.2, 0.25) is 0 Å². The summed E-state index contributed by atoms with van der Waals surface area (Å²) in [4.78, 5) is 13.5. The SMILES string of the molecule is CN1C(=O)c2cc(NS(=O)(=O)c3ccc(F)cc3F)ccc2Oc2ccccc21. The van der Waals surface area contributed by atoms with E-state index in [-0.39, 0.29) is 17.0 Å². The molecule has 0 fully saturated rings. The first-order valence-corrected chi connectivity index (χ1v) is 9.91. The molecule has 9 heteroatoms. The summed E-state index contributed by atoms with van der Waals surface area (Å²) >= 11 is 0. The zero-order valence-electron chi connectivity index (χ0n) is 15.0. The number of nitrogens with zero attached hydrogens (tertiary/aromatic N) is 1. The van der Waals surface area contributed by atoms with Crippen LogP contribution in [0.1, 0.15) is 10.4 Å². The molecular weight excluding hydrogens is 402 g/mol. The minimum Gasteiger partial charge on any atom is -0.454 e. The lowest BCUT2D eigenvalue weighted by molar-refractivity contribution is 0.0993. The third kappa shape index (κ3) is 3.40. The minimum atomic E-state index is -4.34. The van der Waals surface area contributed by atoms with Crippen molar-refractivity contribution in [2.24, 2.45) is 0 Å². The molecule has 3 aromatic carbocycles. The quantitative estimate of drug-likeness (QED) is 0.696. The van der Waals surface area contributed by atoms with Crippen LogP contribution in [0.3, 0.4) is 0 Å². The normalized spacial score (nSPS) is 13.2. The summed E-state index contributed by atoms with van der Waals surface area (Å²) in [5.74, 6) is -1.79. The fourth-order valence-corrected chi connectivity index (χ4v) is 4.09. The number of para-hydroxylation sites is 2. The Morgan fingerprint density at radius 2 is 1.72 bits per heavy atom. The van der Waals surface area contributed by atoms with Crippen LogP contribution in [-0.4, -0.2) is 21.4 Å². The number of halogens is 2. The van der Waals surface area contributed by atoms with Gasteiger partial charge in [0.2, 0.25) is 0 Å². The van der Waals surface area contributed by atoms with Gasteiger partial charge in [-0.15, -0.1) is 0 Å². The molecule has 1 aliphatic rings. The molecule has 1 N–H and O–H groups in total. The van der Waals surface area contributed by atoms with Gasteiger partial charge in [0.25, 0.3) is 15.9 Å². The number of anilines is 2. The van der Waals surface area contributed by atoms with Crippen LogP contribution in [0, 0.1) is 11.6 Å². The van der Waals surface area contributed by atoms with Gasteiger partial charge in [0, 0.05) is 18.8 Å². The van der Waals surface area contributed by atoms with E-state index in [0.717, 1.165) is 12.1 Å². The van der Waals surface area contributed by atoms with Gasteiger partial charge in [-0.2, -0.15) is 0 Å². The van der Waals surface area contributed by atoms with E-state index in [1.54, 1.807) is 31.3 Å². The van der Waals surface area contributed by atoms with Crippen molar-refractivity contribution >= 4 is 27.3 Å². The van der Waals surface area contributed by atoms with E-state index < -0.39 is 32.5 Å². The summed E-state index contributed by atoms with van der Waals surface area (Å²) < 4.78 is 60.0. The van der Waals surface area contributed by atoms with E-state index in [1.165, 1.54) is 23.1 Å². The van der Waals surface area contributed by atoms with Crippen molar-refractivity contribution in [3.63, 3.8) is 0 Å². The summed E-state index contributed by atoms with van der Waals surface area (Å²) in [6, 6.07) is 13.3. The lowest BCUT2D eigenvalue weighted by atomic mass is 10.1. The van der Waals surface area contributed by atoms with Gasteiger partial charge < -0.3 is 9.64 Å². The van der Waals surface area contributed by atoms with Crippen molar-refractivity contribution in [3.05, 3.63) is 77.9 Å². The van der Waals surface area contributed by atoms with Gasteiger partial charge in [-0.3, -0.25) is 9.52 Å². The molecule has 0 spiro atoms. The lowest BCUT2D eigenvalue weighted by Gasteiger charge is -2.16. The first-order valence-electron chi connectivity index (χ1n) is 8.43. The Hall–Kier alpha value is -3.46. The first kappa shape index (κ1) is 18.9. The molecule has 0 saturated heterocycles. The van der Waals surface area contributed by atoms with E-state index in [0.29, 0.717) is 17.5 Å². The number of hydrogen-bond donors (Lipinski definition) is 1. The number of hydrogen-bond acceptors (Lipinski definition) is 4. The van der Waals surface area contributed by atoms with E-state index in [9.17, 15) is 22.0 Å². The van der Waals surface area contributed by atoms with Gasteiger partial charge in [0.15, 0.2) is 5.75 Å². The number of sulfonamides is 1. The number of carbonyl (C=O) groups excluding carboxylic acids is 1. The van der Waals surface area contributed by atoms with Crippen LogP contribution in [-0.2, 0) is 10.0 Å². The van der Waals surface area contributed by atoms with Gasteiger partial charge in [-0.1, -0.05) is 12.1 Å². The Morgan fingerprint density at radius 1 is 0.966 bits per heavy atom. The molecule has 0 aliphatic carbocycles. The van der Waals surface area contributed by atoms with Gasteiger partial charge in [-0.05, 0) is 42.5 Å². The highest BCUT2D eigenvalue weighted by Gasteiger charge is 2.27. The zero-order valence-corrected chi connectivity index (χ0v) is 15.8. The summed E-state index contributed by atoms with van der Waals surface area (Å²) in [5, 5.41) is 0. The lowest BCUT2D eigenvalue weighted by Crippen LogP contribution is -2.25. The van der Waals surface area contributed by atoms with Crippen molar-refractivity contribution in [1.29, 1.82) is 0 Å². The second-order valence-corrected chi connectivity index (χ2v) is 7.98. The molecule has 4 rings (SSSR count). The zero-order chi connectivity index (χ0) is 20.8. The van der Waals surface area contributed by atoms with Crippen LogP contribution >= 0.6 is 0 Å². The second-order valence-electron chi connectivity index (χ2n) is 6.33. The number of ether oxygens (including phenoxy) is 1. The molecule has 0 radical (unpaired) electrons. The van der Waals surface area contributed by atoms with Crippen LogP contribution < -0.4 is 14.4 Å². The molecular formula is C20H14F2N2O4S. The van der Waals surface area contributed by atoms with Crippen LogP contribution in [0.4, 0.5) is 20.2 Å². The standard InChI is InChI=1S/C20H14F2N2O4S/c1-24-16-4-2-3-5-18(16)28-17-8-7-13(11-14(17)20(24)25)23-29(26,27)19-9-6-12(21)10-15(19)22/h2-11,23H,1H3. The smallest absolute Gasteiger partial charge is 0.264 e. The molecule has 1 heterocycles. The average Bonchev–Trinajstić information content (AvgIpc) is 2.77. The van der Waals surface area contributed by atoms with Gasteiger partial charge in [0.1, 0.15) is 22.3 Å². The molecule has 148 valence electrons. The van der Waals surface area contributed by atoms with Crippen molar-refractivity contribution in [2.45, 2.75) is 4.90 Å². The number of benzene rings is 3. The Morgan fingerprint density at radius 3 is 2.48 bits per heavy atom. The van der Waals surface area contributed by atoms with E-state index >= 15 is 0 Å². The maximum Gasteiger partial charge on any atom is 0.264 e. The summed E-state index contributed by atoms with van der Waals surface area (Å²) in [6.45, 7) is 0. The molecule has 6 nitrogen and oxygen atoms in total. The highest BCUT2D eigenvalue weighted by atomic mass is 32.2. The van der Waals surface area contributed by atoms with Crippen molar-refractivity contribution in [3.8, 4) is 11.5 Å². The Balaban J connectivity index is 1.71. The fourth-order valence-electron chi connectivity index (χ4n) is 2.98. The maximum absolute atomic E-state index is 13.9. The van der Waals surface area contributed by atoms with Gasteiger partial charge in [0.05, 0.1) is 11.3 Å². The number of nitrogens with one attached hydrogen (secondary N) is 1. The van der Waals surface area contributed by atoms with Crippen LogP contribution in [0.5, 0.6) is 11.5 Å². The number of carbonyl (C=O) groups is 1. The molecule has 3 aromatic rings. The number of fused-ring (bicyclic) bond motifs is 2. The molecule has 0 bridgehead atoms. The monoisotopic (exact) mass is 416 g/mol. The highest BCUT2D eigenvalue weighted by Crippen LogP contribution is 2.39. The largest absolute Gasteiger partial charge is 0.454 e. The summed E-state index contributed by atoms with van der Waals surface area (Å²) in [6.07, 6.45) is 0. The molecule has 0 aromatic heterocycles. The van der Waals surface area contributed by atoms with Crippen molar-refractivity contribution < 1.29 is 26.7 Å². The van der Waals surface area contributed by atoms with E-state index in [1.807, 2.05) is 0 Å². The highest BCUT2D eigenvalue weighted by molar-refractivity contribution is 7.92. The molecule has 0 saturated carbocycles. The third-order valence-corrected chi connectivity index (χ3v) is 5.81. The Labute approximate surface area is 165 Å². The van der Waals surface area contributed by atoms with Gasteiger partial charge >= 0.3 is 0 Å². The second kappa shape index (κ2) is 6.85. The maximum atomic E-state index is 13.9. The van der Waals surface area contributed by atoms with Crippen LogP contribution in [0.15, 0.2) is 65.6 Å². The number of amides is 1. The minimum absolute atomic E-state index is 0.0313. The van der Waals surface area contributed by atoms with Crippen molar-refractivity contribution in [1.82, 2.24) is 0 Å². The predicted molar refractivity (Wildman–Crippen MR) is 103 cm³/mol. The predicted octanol–water partition coefficient (Wildman–Crippen LogP) is 4.15.